The van der Waals surface area contributed by atoms with Crippen molar-refractivity contribution in [2.45, 2.75) is 57.9 Å². The van der Waals surface area contributed by atoms with Gasteiger partial charge in [-0.1, -0.05) is 33.1 Å². The van der Waals surface area contributed by atoms with E-state index in [0.717, 1.165) is 58.4 Å². The number of nitrogens with zero attached hydrogens (tertiary/aromatic N) is 3. The first kappa shape index (κ1) is 21.5. The summed E-state index contributed by atoms with van der Waals surface area (Å²) in [6.07, 6.45) is 7.85. The summed E-state index contributed by atoms with van der Waals surface area (Å²) in [7, 11) is 1.88. The molecule has 0 amide bonds. The summed E-state index contributed by atoms with van der Waals surface area (Å²) >= 11 is 0. The summed E-state index contributed by atoms with van der Waals surface area (Å²) in [5.41, 5.74) is 0.275. The lowest BCUT2D eigenvalue weighted by Crippen LogP contribution is -2.60. The highest BCUT2D eigenvalue weighted by Gasteiger charge is 2.38. The minimum absolute atomic E-state index is 0.275. The van der Waals surface area contributed by atoms with Gasteiger partial charge in [-0.15, -0.1) is 0 Å². The minimum Gasteiger partial charge on any atom is -0.379 e. The second kappa shape index (κ2) is 11.8. The van der Waals surface area contributed by atoms with Crippen molar-refractivity contribution in [1.29, 1.82) is 0 Å². The van der Waals surface area contributed by atoms with E-state index in [1.165, 1.54) is 45.1 Å². The summed E-state index contributed by atoms with van der Waals surface area (Å²) in [6, 6.07) is 0. The number of ether oxygens (including phenoxy) is 1. The van der Waals surface area contributed by atoms with Crippen LogP contribution in [0.4, 0.5) is 0 Å². The van der Waals surface area contributed by atoms with Gasteiger partial charge in [-0.25, -0.2) is 0 Å². The van der Waals surface area contributed by atoms with Gasteiger partial charge in [0, 0.05) is 45.3 Å². The number of hydrogen-bond donors (Lipinski definition) is 2. The average molecular weight is 368 g/mol. The van der Waals surface area contributed by atoms with E-state index in [4.69, 9.17) is 4.74 Å². The highest BCUT2D eigenvalue weighted by Crippen LogP contribution is 2.33. The van der Waals surface area contributed by atoms with Gasteiger partial charge in [-0.05, 0) is 32.4 Å². The fraction of sp³-hybridized carbons (Fsp3) is 0.950. The second-order valence-corrected chi connectivity index (χ2v) is 7.67. The molecule has 1 aliphatic carbocycles. The molecule has 1 saturated heterocycles. The maximum absolute atomic E-state index is 5.59. The maximum Gasteiger partial charge on any atom is 0.191 e. The van der Waals surface area contributed by atoms with Gasteiger partial charge < -0.3 is 20.3 Å². The van der Waals surface area contributed by atoms with Gasteiger partial charge in [0.05, 0.1) is 13.2 Å². The topological polar surface area (TPSA) is 52.1 Å². The molecule has 26 heavy (non-hydrogen) atoms. The fourth-order valence-electron chi connectivity index (χ4n) is 4.40. The van der Waals surface area contributed by atoms with E-state index in [9.17, 15) is 0 Å². The Morgan fingerprint density at radius 2 is 1.81 bits per heavy atom. The molecule has 6 heteroatoms. The highest BCUT2D eigenvalue weighted by molar-refractivity contribution is 5.79. The van der Waals surface area contributed by atoms with Gasteiger partial charge in [-0.2, -0.15) is 0 Å². The van der Waals surface area contributed by atoms with Crippen molar-refractivity contribution in [3.63, 3.8) is 0 Å². The molecule has 1 heterocycles. The number of morpholine rings is 1. The number of aliphatic imine (C=N–C) groups is 1. The van der Waals surface area contributed by atoms with Crippen LogP contribution in [-0.2, 0) is 4.74 Å². The van der Waals surface area contributed by atoms with Crippen molar-refractivity contribution in [1.82, 2.24) is 20.4 Å². The van der Waals surface area contributed by atoms with Crippen LogP contribution in [0.15, 0.2) is 4.99 Å². The van der Waals surface area contributed by atoms with Gasteiger partial charge in [0.15, 0.2) is 5.96 Å². The molecule has 0 aromatic heterocycles. The highest BCUT2D eigenvalue weighted by atomic mass is 16.5. The van der Waals surface area contributed by atoms with Gasteiger partial charge in [0.2, 0.25) is 0 Å². The zero-order valence-electron chi connectivity index (χ0n) is 17.4. The predicted octanol–water partition coefficient (Wildman–Crippen LogP) is 1.92. The van der Waals surface area contributed by atoms with Crippen LogP contribution >= 0.6 is 0 Å². The summed E-state index contributed by atoms with van der Waals surface area (Å²) in [4.78, 5) is 9.61. The van der Waals surface area contributed by atoms with E-state index in [1.807, 2.05) is 7.05 Å². The van der Waals surface area contributed by atoms with Crippen molar-refractivity contribution in [2.24, 2.45) is 4.99 Å². The summed E-state index contributed by atoms with van der Waals surface area (Å²) < 4.78 is 5.59. The first-order valence-electron chi connectivity index (χ1n) is 10.7. The Balaban J connectivity index is 1.83. The first-order valence-corrected chi connectivity index (χ1v) is 10.7. The van der Waals surface area contributed by atoms with Crippen LogP contribution < -0.4 is 10.6 Å². The Hall–Kier alpha value is -0.850. The van der Waals surface area contributed by atoms with Crippen LogP contribution in [0.2, 0.25) is 0 Å². The molecular weight excluding hydrogens is 326 g/mol. The number of likely N-dealkylation sites (N-methyl/N-ethyl adjacent to an activating group) is 1. The third-order valence-electron chi connectivity index (χ3n) is 5.98. The van der Waals surface area contributed by atoms with Crippen molar-refractivity contribution < 1.29 is 4.74 Å². The summed E-state index contributed by atoms with van der Waals surface area (Å²) in [6.45, 7) is 13.6. The van der Waals surface area contributed by atoms with E-state index in [2.05, 4.69) is 39.3 Å². The Kier molecular flexibility index (Phi) is 9.72. The van der Waals surface area contributed by atoms with Gasteiger partial charge in [0.25, 0.3) is 0 Å². The van der Waals surface area contributed by atoms with Crippen LogP contribution in [0.25, 0.3) is 0 Å². The van der Waals surface area contributed by atoms with E-state index in [1.54, 1.807) is 0 Å². The molecule has 2 N–H and O–H groups in total. The Morgan fingerprint density at radius 1 is 1.08 bits per heavy atom. The van der Waals surface area contributed by atoms with E-state index < -0.39 is 0 Å². The monoisotopic (exact) mass is 367 g/mol. The molecule has 0 aromatic rings. The van der Waals surface area contributed by atoms with Crippen molar-refractivity contribution in [3.05, 3.63) is 0 Å². The Bertz CT molecular complexity index is 403. The quantitative estimate of drug-likeness (QED) is 0.482. The Labute approximate surface area is 160 Å². The van der Waals surface area contributed by atoms with Crippen molar-refractivity contribution in [3.8, 4) is 0 Å². The number of guanidine groups is 1. The average Bonchev–Trinajstić information content (AvgIpc) is 2.71. The molecule has 2 aliphatic rings. The second-order valence-electron chi connectivity index (χ2n) is 7.67. The molecule has 0 radical (unpaired) electrons. The summed E-state index contributed by atoms with van der Waals surface area (Å²) in [5.74, 6) is 0.941. The van der Waals surface area contributed by atoms with E-state index in [-0.39, 0.29) is 5.54 Å². The maximum atomic E-state index is 5.59. The lowest BCUT2D eigenvalue weighted by molar-refractivity contribution is -0.0352. The summed E-state index contributed by atoms with van der Waals surface area (Å²) in [5, 5.41) is 7.15. The molecule has 0 atom stereocenters. The largest absolute Gasteiger partial charge is 0.379 e. The molecule has 0 spiro atoms. The molecule has 1 aliphatic heterocycles. The molecule has 6 nitrogen and oxygen atoms in total. The van der Waals surface area contributed by atoms with Crippen LogP contribution in [-0.4, -0.2) is 87.4 Å². The van der Waals surface area contributed by atoms with Crippen LogP contribution in [0.5, 0.6) is 0 Å². The minimum atomic E-state index is 0.275. The fourth-order valence-corrected chi connectivity index (χ4v) is 4.40. The third kappa shape index (κ3) is 6.39. The standard InChI is InChI=1S/C20H41N5O/c1-4-12-24(5-2)13-11-22-19(21-3)23-18-20(9-7-6-8-10-20)25-14-16-26-17-15-25/h4-18H2,1-3H3,(H2,21,22,23). The molecule has 0 bridgehead atoms. The molecule has 152 valence electrons. The van der Waals surface area contributed by atoms with Gasteiger partial charge in [-0.3, -0.25) is 9.89 Å². The molecule has 0 unspecified atom stereocenters. The van der Waals surface area contributed by atoms with E-state index >= 15 is 0 Å². The van der Waals surface area contributed by atoms with E-state index in [0.29, 0.717) is 0 Å². The predicted molar refractivity (Wildman–Crippen MR) is 110 cm³/mol. The lowest BCUT2D eigenvalue weighted by Gasteiger charge is -2.48. The SMILES string of the molecule is CCCN(CC)CCNC(=NC)NCC1(N2CCOCC2)CCCCC1. The molecule has 0 aromatic carbocycles. The molecule has 1 saturated carbocycles. The molecular formula is C20H41N5O. The van der Waals surface area contributed by atoms with Crippen LogP contribution in [0, 0.1) is 0 Å². The lowest BCUT2D eigenvalue weighted by atomic mass is 9.80. The zero-order valence-corrected chi connectivity index (χ0v) is 17.4. The molecule has 2 rings (SSSR count). The van der Waals surface area contributed by atoms with Gasteiger partial charge in [0.1, 0.15) is 0 Å². The number of nitrogens with one attached hydrogen (secondary N) is 2. The number of rotatable bonds is 9. The number of hydrogen-bond acceptors (Lipinski definition) is 4. The zero-order chi connectivity index (χ0) is 18.7. The third-order valence-corrected chi connectivity index (χ3v) is 5.98. The molecule has 2 fully saturated rings. The normalized spacial score (nSPS) is 21.8. The van der Waals surface area contributed by atoms with Gasteiger partial charge >= 0.3 is 0 Å². The van der Waals surface area contributed by atoms with Crippen LogP contribution in [0.3, 0.4) is 0 Å². The smallest absolute Gasteiger partial charge is 0.191 e. The first-order chi connectivity index (χ1) is 12.7. The van der Waals surface area contributed by atoms with Crippen molar-refractivity contribution in [2.75, 3.05) is 66.1 Å². The Morgan fingerprint density at radius 3 is 2.42 bits per heavy atom. The van der Waals surface area contributed by atoms with Crippen molar-refractivity contribution >= 4 is 5.96 Å². The van der Waals surface area contributed by atoms with Crippen LogP contribution in [0.1, 0.15) is 52.4 Å².